The number of anilines is 1. The molecule has 23 heteroatoms. The van der Waals surface area contributed by atoms with E-state index >= 15 is 0 Å². The number of carbonyl (C=O) groups excluding carboxylic acids is 1. The number of hydrogen-bond acceptors (Lipinski definition) is 15. The molecule has 0 unspecified atom stereocenters. The number of nitrogens with one attached hydrogen (secondary N) is 1. The monoisotopic (exact) mass is 1240 g/mol. The summed E-state index contributed by atoms with van der Waals surface area (Å²) in [6.45, 7) is 7.93. The summed E-state index contributed by atoms with van der Waals surface area (Å²) in [4.78, 5) is 16.6. The molecule has 4 N–H and O–H groups in total. The van der Waals surface area contributed by atoms with E-state index in [1.807, 2.05) is 13.8 Å². The molecule has 0 aliphatic carbocycles. The van der Waals surface area contributed by atoms with E-state index in [2.05, 4.69) is 30.8 Å². The van der Waals surface area contributed by atoms with Crippen LogP contribution in [-0.4, -0.2) is 105 Å². The molecule has 8 aromatic carbocycles. The second-order valence-corrected chi connectivity index (χ2v) is 19.8. The van der Waals surface area contributed by atoms with E-state index in [-0.39, 0.29) is 127 Å². The summed E-state index contributed by atoms with van der Waals surface area (Å²) in [5.41, 5.74) is 0.689. The molecule has 18 nitrogen and oxygen atoms in total. The van der Waals surface area contributed by atoms with Crippen LogP contribution >= 0.6 is 23.2 Å². The standard InChI is InChI=1S/2C27H24ClN3O6S.Ba/c2*1-3-19-23(38(34,35)36)13-12-22(28)24(19)30-31-25-20-11-6-5-8-16(20)14-21(26(25)32)27(33)29-17-9-7-10-18(15-17)37-4-2;/h2*5-15,32H,3-4H2,1-2H3,(H,29,33)(H,34,35,36);/q;;+2/p-2. The van der Waals surface area contributed by atoms with E-state index < -0.39 is 43.5 Å². The predicted molar refractivity (Wildman–Crippen MR) is 294 cm³/mol. The van der Waals surface area contributed by atoms with E-state index in [9.17, 15) is 46.1 Å². The number of aromatic hydroxyl groups is 1. The smallest absolute Gasteiger partial charge is 0.871 e. The fourth-order valence-corrected chi connectivity index (χ4v) is 9.95. The molecule has 1 amide bonds. The van der Waals surface area contributed by atoms with Gasteiger partial charge in [-0.2, -0.15) is 21.9 Å². The molecular formula is C54H46BaCl2N6O12S2. The SMILES string of the molecule is CCOc1cccc(N=C([O-])c2cc3ccccc3c(N=Nc3c(Cl)ccc(S(=O)(=O)O)c3CC)c2[O-])c1.CCOc1cccc(NC(=O)c2cc3ccccc3c(N=Nc3c(Cl)ccc(S(=O)(=O)O)c3CC)c2O)c1.[Ba+2]. The number of halogens is 2. The van der Waals surface area contributed by atoms with Gasteiger partial charge in [0.05, 0.1) is 50.0 Å². The van der Waals surface area contributed by atoms with Crippen molar-refractivity contribution in [3.05, 3.63) is 166 Å². The summed E-state index contributed by atoms with van der Waals surface area (Å²) >= 11 is 12.6. The van der Waals surface area contributed by atoms with Crippen molar-refractivity contribution in [3.8, 4) is 23.0 Å². The number of nitrogens with zero attached hydrogens (tertiary/aromatic N) is 5. The zero-order valence-electron chi connectivity index (χ0n) is 41.6. The van der Waals surface area contributed by atoms with Gasteiger partial charge in [-0.05, 0) is 110 Å². The normalized spacial score (nSPS) is 11.9. The van der Waals surface area contributed by atoms with Crippen molar-refractivity contribution >= 4 is 160 Å². The molecule has 0 aromatic heterocycles. The summed E-state index contributed by atoms with van der Waals surface area (Å²) in [6.07, 6.45) is 0.341. The molecule has 0 heterocycles. The van der Waals surface area contributed by atoms with Crippen LogP contribution in [0.2, 0.25) is 10.0 Å². The van der Waals surface area contributed by atoms with Crippen molar-refractivity contribution in [1.29, 1.82) is 0 Å². The Kier molecular flexibility index (Phi) is 20.4. The molecule has 0 radical (unpaired) electrons. The van der Waals surface area contributed by atoms with Gasteiger partial charge in [-0.15, -0.1) is 15.3 Å². The number of phenolic OH excluding ortho intramolecular Hbond substituents is 1. The Morgan fingerprint density at radius 1 is 0.597 bits per heavy atom. The third-order valence-corrected chi connectivity index (χ3v) is 13.8. The Balaban J connectivity index is 0.000000246. The van der Waals surface area contributed by atoms with Crippen molar-refractivity contribution in [2.24, 2.45) is 25.4 Å². The molecule has 77 heavy (non-hydrogen) atoms. The maximum Gasteiger partial charge on any atom is 2.00 e. The van der Waals surface area contributed by atoms with E-state index in [1.165, 1.54) is 36.4 Å². The number of hydrogen-bond donors (Lipinski definition) is 4. The molecular weight excluding hydrogens is 1200 g/mol. The largest absolute Gasteiger partial charge is 2.00 e. The number of ether oxygens (including phenoxy) is 2. The summed E-state index contributed by atoms with van der Waals surface area (Å²) in [5.74, 6) is -1.37. The van der Waals surface area contributed by atoms with Crippen LogP contribution in [0.25, 0.3) is 21.5 Å². The van der Waals surface area contributed by atoms with Gasteiger partial charge in [0.15, 0.2) is 5.75 Å². The van der Waals surface area contributed by atoms with Crippen LogP contribution < -0.4 is 25.0 Å². The van der Waals surface area contributed by atoms with Gasteiger partial charge < -0.3 is 30.1 Å². The Morgan fingerprint density at radius 2 is 1.06 bits per heavy atom. The summed E-state index contributed by atoms with van der Waals surface area (Å²) in [6, 6.07) is 35.1. The fraction of sp³-hybridized carbons (Fsp3) is 0.148. The van der Waals surface area contributed by atoms with Gasteiger partial charge in [0, 0.05) is 39.7 Å². The Hall–Kier alpha value is -6.41. The van der Waals surface area contributed by atoms with E-state index in [0.717, 1.165) is 0 Å². The van der Waals surface area contributed by atoms with E-state index in [0.29, 0.717) is 57.6 Å². The maximum absolute atomic E-state index is 13.4. The molecule has 0 bridgehead atoms. The quantitative estimate of drug-likeness (QED) is 0.0231. The minimum Gasteiger partial charge on any atom is -0.871 e. The number of aliphatic imine (C=N–C) groups is 1. The number of carbonyl (C=O) groups is 1. The first kappa shape index (κ1) is 59.8. The molecule has 0 spiro atoms. The van der Waals surface area contributed by atoms with Crippen LogP contribution in [0.1, 0.15) is 54.7 Å². The Bertz CT molecular complexity index is 3860. The first-order valence-electron chi connectivity index (χ1n) is 23.2. The second kappa shape index (κ2) is 26.3. The average molecular weight is 1240 g/mol. The maximum atomic E-state index is 13.4. The predicted octanol–water partition coefficient (Wildman–Crippen LogP) is 12.3. The zero-order chi connectivity index (χ0) is 54.9. The molecule has 0 fully saturated rings. The van der Waals surface area contributed by atoms with Crippen molar-refractivity contribution < 1.29 is 55.5 Å². The first-order valence-corrected chi connectivity index (χ1v) is 26.8. The Morgan fingerprint density at radius 3 is 1.58 bits per heavy atom. The topological polar surface area (TPSA) is 284 Å². The van der Waals surface area contributed by atoms with Crippen LogP contribution in [0.5, 0.6) is 23.0 Å². The number of azo groups is 2. The van der Waals surface area contributed by atoms with E-state index in [4.69, 9.17) is 32.7 Å². The van der Waals surface area contributed by atoms with Crippen LogP contribution in [0.3, 0.4) is 0 Å². The fourth-order valence-electron chi connectivity index (χ4n) is 7.94. The molecule has 0 atom stereocenters. The van der Waals surface area contributed by atoms with Gasteiger partial charge in [-0.25, -0.2) is 0 Å². The Labute approximate surface area is 493 Å². The molecule has 0 aliphatic rings. The molecule has 0 aliphatic heterocycles. The third kappa shape index (κ3) is 14.2. The zero-order valence-corrected chi connectivity index (χ0v) is 49.1. The first-order chi connectivity index (χ1) is 36.3. The molecule has 0 saturated heterocycles. The van der Waals surface area contributed by atoms with Gasteiger partial charge in [0.25, 0.3) is 26.1 Å². The van der Waals surface area contributed by atoms with Gasteiger partial charge in [-0.3, -0.25) is 18.9 Å². The third-order valence-electron chi connectivity index (χ3n) is 11.4. The minimum absolute atomic E-state index is 0. The van der Waals surface area contributed by atoms with Crippen LogP contribution in [-0.2, 0) is 33.1 Å². The van der Waals surface area contributed by atoms with Gasteiger partial charge in [0.2, 0.25) is 0 Å². The summed E-state index contributed by atoms with van der Waals surface area (Å²) in [7, 11) is -9.09. The number of rotatable bonds is 16. The number of fused-ring (bicyclic) bond motifs is 2. The van der Waals surface area contributed by atoms with Gasteiger partial charge in [-0.1, -0.05) is 103 Å². The van der Waals surface area contributed by atoms with Crippen LogP contribution in [0, 0.1) is 0 Å². The van der Waals surface area contributed by atoms with Gasteiger partial charge in [0.1, 0.15) is 28.6 Å². The number of phenols is 1. The number of amides is 1. The second-order valence-electron chi connectivity index (χ2n) is 16.2. The van der Waals surface area contributed by atoms with Crippen molar-refractivity contribution in [1.82, 2.24) is 0 Å². The molecule has 8 rings (SSSR count). The van der Waals surface area contributed by atoms with Crippen LogP contribution in [0.15, 0.2) is 169 Å². The summed E-state index contributed by atoms with van der Waals surface area (Å²) in [5, 5.41) is 59.3. The van der Waals surface area contributed by atoms with Crippen LogP contribution in [0.4, 0.5) is 34.1 Å². The number of benzene rings is 8. The van der Waals surface area contributed by atoms with Crippen molar-refractivity contribution in [2.75, 3.05) is 18.5 Å². The average Bonchev–Trinajstić information content (AvgIpc) is 3.38. The van der Waals surface area contributed by atoms with E-state index in [1.54, 1.807) is 111 Å². The van der Waals surface area contributed by atoms with Crippen molar-refractivity contribution in [2.45, 2.75) is 50.3 Å². The molecule has 0 saturated carbocycles. The molecule has 392 valence electrons. The summed E-state index contributed by atoms with van der Waals surface area (Å²) < 4.78 is 77.5. The van der Waals surface area contributed by atoms with Crippen molar-refractivity contribution in [3.63, 3.8) is 0 Å². The molecule has 8 aromatic rings. The van der Waals surface area contributed by atoms with Gasteiger partial charge >= 0.3 is 48.9 Å². The minimum atomic E-state index is -4.55.